The van der Waals surface area contributed by atoms with Crippen molar-refractivity contribution in [3.05, 3.63) is 66.0 Å². The molecule has 0 aliphatic carbocycles. The van der Waals surface area contributed by atoms with Crippen LogP contribution in [0.4, 0.5) is 17.5 Å². The van der Waals surface area contributed by atoms with Gasteiger partial charge in [-0.05, 0) is 35.2 Å². The second-order valence-corrected chi connectivity index (χ2v) is 8.52. The van der Waals surface area contributed by atoms with Crippen LogP contribution in [0.3, 0.4) is 0 Å². The molecule has 0 aliphatic rings. The molecule has 9 nitrogen and oxygen atoms in total. The van der Waals surface area contributed by atoms with E-state index < -0.39 is 0 Å². The molecule has 4 aromatic rings. The predicted molar refractivity (Wildman–Crippen MR) is 135 cm³/mol. The van der Waals surface area contributed by atoms with Gasteiger partial charge in [0.15, 0.2) is 17.0 Å². The summed E-state index contributed by atoms with van der Waals surface area (Å²) in [6.07, 6.45) is 1.77. The van der Waals surface area contributed by atoms with Crippen molar-refractivity contribution in [2.75, 3.05) is 30.1 Å². The van der Waals surface area contributed by atoms with Crippen LogP contribution in [0.15, 0.2) is 54.9 Å². The summed E-state index contributed by atoms with van der Waals surface area (Å²) in [5, 5.41) is 16.4. The monoisotopic (exact) mass is 461 g/mol. The molecule has 2 aromatic heterocycles. The summed E-state index contributed by atoms with van der Waals surface area (Å²) in [4.78, 5) is 14.0. The van der Waals surface area contributed by atoms with Crippen molar-refractivity contribution in [3.8, 4) is 5.75 Å². The number of nitrogens with two attached hydrogens (primary N) is 1. The first-order chi connectivity index (χ1) is 16.5. The van der Waals surface area contributed by atoms with Gasteiger partial charge >= 0.3 is 0 Å². The summed E-state index contributed by atoms with van der Waals surface area (Å²) in [7, 11) is 1.63. The number of imidazole rings is 1. The van der Waals surface area contributed by atoms with Crippen LogP contribution in [0.1, 0.15) is 25.0 Å². The second kappa shape index (κ2) is 10.4. The van der Waals surface area contributed by atoms with E-state index in [1.807, 2.05) is 54.8 Å². The first kappa shape index (κ1) is 23.3. The Hall–Kier alpha value is -3.85. The fourth-order valence-electron chi connectivity index (χ4n) is 3.66. The number of anilines is 3. The lowest BCUT2D eigenvalue weighted by molar-refractivity contribution is 0.248. The molecule has 5 N–H and O–H groups in total. The van der Waals surface area contributed by atoms with Crippen molar-refractivity contribution < 1.29 is 9.84 Å². The number of aromatic nitrogens is 4. The summed E-state index contributed by atoms with van der Waals surface area (Å²) in [5.41, 5.74) is 10.2. The van der Waals surface area contributed by atoms with Crippen molar-refractivity contribution in [1.29, 1.82) is 0 Å². The van der Waals surface area contributed by atoms with Crippen LogP contribution in [-0.4, -0.2) is 44.4 Å². The molecular weight excluding hydrogens is 430 g/mol. The first-order valence-corrected chi connectivity index (χ1v) is 11.3. The van der Waals surface area contributed by atoms with Gasteiger partial charge in [-0.2, -0.15) is 9.97 Å². The second-order valence-electron chi connectivity index (χ2n) is 8.52. The van der Waals surface area contributed by atoms with Gasteiger partial charge in [-0.1, -0.05) is 44.2 Å². The zero-order chi connectivity index (χ0) is 24.1. The smallest absolute Gasteiger partial charge is 0.227 e. The molecule has 0 saturated carbocycles. The fourth-order valence-corrected chi connectivity index (χ4v) is 3.66. The summed E-state index contributed by atoms with van der Waals surface area (Å²) in [6, 6.07) is 15.5. The quantitative estimate of drug-likeness (QED) is 0.265. The van der Waals surface area contributed by atoms with Crippen LogP contribution < -0.4 is 21.1 Å². The Morgan fingerprint density at radius 1 is 1.12 bits per heavy atom. The predicted octanol–water partition coefficient (Wildman–Crippen LogP) is 3.51. The minimum absolute atomic E-state index is 0.0224. The molecule has 0 radical (unpaired) electrons. The highest BCUT2D eigenvalue weighted by Crippen LogP contribution is 2.25. The Balaban J connectivity index is 1.70. The maximum absolute atomic E-state index is 9.80. The average Bonchev–Trinajstić information content (AvgIpc) is 3.25. The van der Waals surface area contributed by atoms with Gasteiger partial charge in [-0.3, -0.25) is 0 Å². The molecule has 1 atom stereocenters. The molecule has 34 heavy (non-hydrogen) atoms. The van der Waals surface area contributed by atoms with E-state index in [4.69, 9.17) is 15.5 Å². The lowest BCUT2D eigenvalue weighted by Gasteiger charge is -2.20. The molecule has 0 bridgehead atoms. The molecular formula is C25H31N7O2. The van der Waals surface area contributed by atoms with Crippen LogP contribution >= 0.6 is 0 Å². The molecule has 1 unspecified atom stereocenters. The van der Waals surface area contributed by atoms with Gasteiger partial charge < -0.3 is 30.8 Å². The van der Waals surface area contributed by atoms with Gasteiger partial charge in [0, 0.05) is 12.2 Å². The zero-order valence-corrected chi connectivity index (χ0v) is 19.7. The maximum atomic E-state index is 9.80. The number of benzene rings is 2. The van der Waals surface area contributed by atoms with E-state index in [1.165, 1.54) is 0 Å². The average molecular weight is 462 g/mol. The van der Waals surface area contributed by atoms with Gasteiger partial charge in [-0.15, -0.1) is 0 Å². The number of hydrogen-bond acceptors (Lipinski definition) is 8. The molecule has 0 aliphatic heterocycles. The van der Waals surface area contributed by atoms with Gasteiger partial charge in [0.1, 0.15) is 5.75 Å². The number of ether oxygens (including phenoxy) is 1. The Morgan fingerprint density at radius 3 is 2.62 bits per heavy atom. The SMILES string of the molecule is COc1ccc(N)c(CNc2nc(NC(CO)C(C)C)nc3c2ncn3Cc2ccccc2)c1. The molecule has 0 amide bonds. The first-order valence-electron chi connectivity index (χ1n) is 11.3. The van der Waals surface area contributed by atoms with E-state index in [0.717, 1.165) is 16.9 Å². The van der Waals surface area contributed by atoms with E-state index in [9.17, 15) is 5.11 Å². The highest BCUT2D eigenvalue weighted by Gasteiger charge is 2.18. The van der Waals surface area contributed by atoms with Crippen LogP contribution in [-0.2, 0) is 13.1 Å². The van der Waals surface area contributed by atoms with Crippen LogP contribution in [0.25, 0.3) is 11.2 Å². The molecule has 0 spiro atoms. The number of nitrogen functional groups attached to an aromatic ring is 1. The molecule has 178 valence electrons. The number of rotatable bonds is 10. The number of fused-ring (bicyclic) bond motifs is 1. The number of aliphatic hydroxyl groups excluding tert-OH is 1. The standard InChI is InChI=1S/C25H31N7O2/c1-16(2)21(14-33)29-25-30-23(27-12-18-11-19(34-3)9-10-20(18)26)22-24(31-25)32(15-28-22)13-17-7-5-4-6-8-17/h4-11,15-16,21,33H,12-14,26H2,1-3H3,(H2,27,29,30,31). The number of aliphatic hydroxyl groups is 1. The van der Waals surface area contributed by atoms with Gasteiger partial charge in [0.2, 0.25) is 5.95 Å². The molecule has 0 fully saturated rings. The third kappa shape index (κ3) is 5.20. The van der Waals surface area contributed by atoms with E-state index >= 15 is 0 Å². The van der Waals surface area contributed by atoms with E-state index in [2.05, 4.69) is 32.7 Å². The Kier molecular flexibility index (Phi) is 7.12. The zero-order valence-electron chi connectivity index (χ0n) is 19.7. The summed E-state index contributed by atoms with van der Waals surface area (Å²) < 4.78 is 7.32. The molecule has 2 aromatic carbocycles. The van der Waals surface area contributed by atoms with Crippen molar-refractivity contribution in [1.82, 2.24) is 19.5 Å². The normalized spacial score (nSPS) is 12.1. The van der Waals surface area contributed by atoms with E-state index in [1.54, 1.807) is 13.4 Å². The maximum Gasteiger partial charge on any atom is 0.227 e. The van der Waals surface area contributed by atoms with Crippen molar-refractivity contribution in [2.24, 2.45) is 5.92 Å². The summed E-state index contributed by atoms with van der Waals surface area (Å²) >= 11 is 0. The van der Waals surface area contributed by atoms with Crippen molar-refractivity contribution >= 4 is 28.6 Å². The van der Waals surface area contributed by atoms with Gasteiger partial charge in [0.05, 0.1) is 32.6 Å². The molecule has 2 heterocycles. The van der Waals surface area contributed by atoms with Crippen molar-refractivity contribution in [3.63, 3.8) is 0 Å². The fraction of sp³-hybridized carbons (Fsp3) is 0.320. The highest BCUT2D eigenvalue weighted by atomic mass is 16.5. The number of hydrogen-bond donors (Lipinski definition) is 4. The van der Waals surface area contributed by atoms with E-state index in [-0.39, 0.29) is 18.6 Å². The van der Waals surface area contributed by atoms with Crippen LogP contribution in [0, 0.1) is 5.92 Å². The van der Waals surface area contributed by atoms with Crippen LogP contribution in [0.5, 0.6) is 5.75 Å². The van der Waals surface area contributed by atoms with Crippen molar-refractivity contribution in [2.45, 2.75) is 33.0 Å². The third-order valence-electron chi connectivity index (χ3n) is 5.77. The lowest BCUT2D eigenvalue weighted by atomic mass is 10.1. The van der Waals surface area contributed by atoms with Gasteiger partial charge in [-0.25, -0.2) is 4.98 Å². The molecule has 4 rings (SSSR count). The van der Waals surface area contributed by atoms with E-state index in [0.29, 0.717) is 41.7 Å². The number of methoxy groups -OCH3 is 1. The molecule has 0 saturated heterocycles. The summed E-state index contributed by atoms with van der Waals surface area (Å²) in [6.45, 7) is 5.12. The third-order valence-corrected chi connectivity index (χ3v) is 5.77. The lowest BCUT2D eigenvalue weighted by Crippen LogP contribution is -2.30. The minimum Gasteiger partial charge on any atom is -0.497 e. The highest BCUT2D eigenvalue weighted by molar-refractivity contribution is 5.84. The Morgan fingerprint density at radius 2 is 1.91 bits per heavy atom. The largest absolute Gasteiger partial charge is 0.497 e. The number of nitrogens with one attached hydrogen (secondary N) is 2. The summed E-state index contributed by atoms with van der Waals surface area (Å²) in [5.74, 6) is 1.95. The molecule has 9 heteroatoms. The topological polar surface area (TPSA) is 123 Å². The Bertz CT molecular complexity index is 1240. The Labute approximate surface area is 199 Å². The number of nitrogens with zero attached hydrogens (tertiary/aromatic N) is 4. The minimum atomic E-state index is -0.176. The van der Waals surface area contributed by atoms with Crippen LogP contribution in [0.2, 0.25) is 0 Å². The van der Waals surface area contributed by atoms with Gasteiger partial charge in [0.25, 0.3) is 0 Å².